The minimum atomic E-state index is -1.23. The number of aromatic nitrogens is 1. The van der Waals surface area contributed by atoms with Gasteiger partial charge in [-0.15, -0.1) is 0 Å². The lowest BCUT2D eigenvalue weighted by Gasteiger charge is -2.31. The summed E-state index contributed by atoms with van der Waals surface area (Å²) in [5.41, 5.74) is 1.66. The van der Waals surface area contributed by atoms with Gasteiger partial charge < -0.3 is 24.0 Å². The van der Waals surface area contributed by atoms with Gasteiger partial charge in [0.15, 0.2) is 23.5 Å². The molecule has 31 heavy (non-hydrogen) atoms. The Balaban J connectivity index is 1.70. The summed E-state index contributed by atoms with van der Waals surface area (Å²) in [6, 6.07) is 5.05. The molecule has 8 nitrogen and oxygen atoms in total. The maximum Gasteiger partial charge on any atom is 0.341 e. The SMILES string of the molecule is CCC1Cc2cc(OCC(=O)N3CCCC3)c(OC)cc2-c2cc(=O)c(C(=O)O)cn21. The smallest absolute Gasteiger partial charge is 0.341 e. The van der Waals surface area contributed by atoms with Gasteiger partial charge in [0, 0.05) is 37.0 Å². The van der Waals surface area contributed by atoms with Crippen LogP contribution in [-0.4, -0.2) is 53.3 Å². The van der Waals surface area contributed by atoms with Gasteiger partial charge in [-0.1, -0.05) is 6.92 Å². The summed E-state index contributed by atoms with van der Waals surface area (Å²) < 4.78 is 13.2. The number of carboxylic acids is 1. The van der Waals surface area contributed by atoms with Crippen molar-refractivity contribution in [2.75, 3.05) is 26.8 Å². The lowest BCUT2D eigenvalue weighted by molar-refractivity contribution is -0.132. The van der Waals surface area contributed by atoms with E-state index < -0.39 is 11.4 Å². The topological polar surface area (TPSA) is 98.1 Å². The number of methoxy groups -OCH3 is 1. The molecule has 8 heteroatoms. The summed E-state index contributed by atoms with van der Waals surface area (Å²) in [5.74, 6) is -0.322. The molecular weight excluding hydrogens is 400 g/mol. The summed E-state index contributed by atoms with van der Waals surface area (Å²) in [5, 5.41) is 9.34. The lowest BCUT2D eigenvalue weighted by atomic mass is 9.90. The van der Waals surface area contributed by atoms with Gasteiger partial charge in [0.25, 0.3) is 5.91 Å². The van der Waals surface area contributed by atoms with Gasteiger partial charge in [-0.3, -0.25) is 9.59 Å². The fourth-order valence-electron chi connectivity index (χ4n) is 4.40. The average Bonchev–Trinajstić information content (AvgIpc) is 3.30. The number of rotatable bonds is 6. The Morgan fingerprint density at radius 2 is 1.90 bits per heavy atom. The standard InChI is InChI=1S/C23H26N2O6/c1-3-15-8-14-9-21(31-13-22(27)24-6-4-5-7-24)20(30-2)10-16(14)18-11-19(26)17(23(28)29)12-25(15)18/h9-12,15H,3-8,13H2,1-2H3,(H,28,29). The number of pyridine rings is 1. The van der Waals surface area contributed by atoms with Crippen molar-refractivity contribution in [3.8, 4) is 22.8 Å². The second-order valence-electron chi connectivity index (χ2n) is 7.95. The van der Waals surface area contributed by atoms with Crippen LogP contribution in [0, 0.1) is 0 Å². The maximum atomic E-state index is 12.4. The van der Waals surface area contributed by atoms with E-state index in [-0.39, 0.29) is 24.1 Å². The molecule has 164 valence electrons. The van der Waals surface area contributed by atoms with E-state index in [0.29, 0.717) is 23.6 Å². The molecule has 0 saturated carbocycles. The lowest BCUT2D eigenvalue weighted by Crippen LogP contribution is -2.32. The molecule has 1 amide bonds. The van der Waals surface area contributed by atoms with Gasteiger partial charge in [-0.25, -0.2) is 4.79 Å². The molecule has 0 aliphatic carbocycles. The van der Waals surface area contributed by atoms with E-state index in [1.165, 1.54) is 19.4 Å². The Labute approximate surface area is 180 Å². The highest BCUT2D eigenvalue weighted by Gasteiger charge is 2.27. The Morgan fingerprint density at radius 1 is 1.16 bits per heavy atom. The summed E-state index contributed by atoms with van der Waals surface area (Å²) in [6.07, 6.45) is 4.90. The molecule has 1 unspecified atom stereocenters. The Morgan fingerprint density at radius 3 is 2.55 bits per heavy atom. The number of amides is 1. The second kappa shape index (κ2) is 8.45. The Bertz CT molecular complexity index is 1080. The number of likely N-dealkylation sites (tertiary alicyclic amines) is 1. The van der Waals surface area contributed by atoms with Crippen molar-refractivity contribution in [2.24, 2.45) is 0 Å². The first-order valence-corrected chi connectivity index (χ1v) is 10.5. The van der Waals surface area contributed by atoms with Crippen molar-refractivity contribution in [1.29, 1.82) is 0 Å². The highest BCUT2D eigenvalue weighted by atomic mass is 16.5. The zero-order valence-electron chi connectivity index (χ0n) is 17.7. The molecule has 0 bridgehead atoms. The number of carbonyl (C=O) groups excluding carboxylic acids is 1. The van der Waals surface area contributed by atoms with E-state index in [9.17, 15) is 19.5 Å². The van der Waals surface area contributed by atoms with Gasteiger partial charge in [0.1, 0.15) is 5.56 Å². The molecule has 2 aliphatic heterocycles. The third kappa shape index (κ3) is 3.89. The monoisotopic (exact) mass is 426 g/mol. The normalized spacial score (nSPS) is 17.1. The molecule has 1 fully saturated rings. The van der Waals surface area contributed by atoms with Crippen LogP contribution in [0.5, 0.6) is 11.5 Å². The van der Waals surface area contributed by atoms with Gasteiger partial charge in [0.05, 0.1) is 12.8 Å². The predicted molar refractivity (Wildman–Crippen MR) is 114 cm³/mol. The van der Waals surface area contributed by atoms with Crippen molar-refractivity contribution in [1.82, 2.24) is 9.47 Å². The second-order valence-corrected chi connectivity index (χ2v) is 7.95. The minimum absolute atomic E-state index is 0.00803. The molecule has 1 aromatic carbocycles. The van der Waals surface area contributed by atoms with Crippen molar-refractivity contribution in [3.63, 3.8) is 0 Å². The van der Waals surface area contributed by atoms with Crippen LogP contribution in [0.1, 0.15) is 48.1 Å². The van der Waals surface area contributed by atoms with Gasteiger partial charge in [-0.2, -0.15) is 0 Å². The number of fused-ring (bicyclic) bond motifs is 3. The predicted octanol–water partition coefficient (Wildman–Crippen LogP) is 2.73. The molecule has 1 atom stereocenters. The van der Waals surface area contributed by atoms with Crippen LogP contribution in [0.2, 0.25) is 0 Å². The molecule has 0 radical (unpaired) electrons. The highest BCUT2D eigenvalue weighted by molar-refractivity contribution is 5.88. The molecule has 1 saturated heterocycles. The first-order valence-electron chi connectivity index (χ1n) is 10.5. The van der Waals surface area contributed by atoms with Crippen molar-refractivity contribution in [3.05, 3.63) is 45.7 Å². The number of aromatic carboxylic acids is 1. The fourth-order valence-corrected chi connectivity index (χ4v) is 4.40. The van der Waals surface area contributed by atoms with E-state index in [1.807, 2.05) is 17.6 Å². The zero-order valence-corrected chi connectivity index (χ0v) is 17.7. The van der Waals surface area contributed by atoms with E-state index in [4.69, 9.17) is 9.47 Å². The van der Waals surface area contributed by atoms with Crippen molar-refractivity contribution >= 4 is 11.9 Å². The third-order valence-corrected chi connectivity index (χ3v) is 6.11. The first-order chi connectivity index (χ1) is 14.9. The summed E-state index contributed by atoms with van der Waals surface area (Å²) in [4.78, 5) is 38.0. The van der Waals surface area contributed by atoms with Crippen molar-refractivity contribution < 1.29 is 24.2 Å². The number of benzene rings is 1. The van der Waals surface area contributed by atoms with E-state index >= 15 is 0 Å². The average molecular weight is 426 g/mol. The van der Waals surface area contributed by atoms with Crippen LogP contribution in [0.3, 0.4) is 0 Å². The number of ether oxygens (including phenoxy) is 2. The van der Waals surface area contributed by atoms with Crippen LogP contribution in [-0.2, 0) is 11.2 Å². The molecule has 1 N–H and O–H groups in total. The summed E-state index contributed by atoms with van der Waals surface area (Å²) in [6.45, 7) is 3.51. The number of hydrogen-bond donors (Lipinski definition) is 1. The first kappa shape index (κ1) is 21.0. The number of carbonyl (C=O) groups is 2. The molecule has 0 spiro atoms. The van der Waals surface area contributed by atoms with Crippen LogP contribution in [0.25, 0.3) is 11.3 Å². The fraction of sp³-hybridized carbons (Fsp3) is 0.435. The van der Waals surface area contributed by atoms with Gasteiger partial charge in [0.2, 0.25) is 0 Å². The number of hydrogen-bond acceptors (Lipinski definition) is 5. The van der Waals surface area contributed by atoms with Crippen molar-refractivity contribution in [2.45, 2.75) is 38.6 Å². The van der Waals surface area contributed by atoms with Gasteiger partial charge >= 0.3 is 5.97 Å². The van der Waals surface area contributed by atoms with Crippen LogP contribution < -0.4 is 14.9 Å². The number of carboxylic acid groups (broad SMARTS) is 1. The third-order valence-electron chi connectivity index (χ3n) is 6.11. The highest BCUT2D eigenvalue weighted by Crippen LogP contribution is 2.41. The molecule has 4 rings (SSSR count). The minimum Gasteiger partial charge on any atom is -0.493 e. The van der Waals surface area contributed by atoms with Gasteiger partial charge in [-0.05, 0) is 43.4 Å². The largest absolute Gasteiger partial charge is 0.493 e. The number of nitrogens with zero attached hydrogens (tertiary/aromatic N) is 2. The van der Waals surface area contributed by atoms with Crippen LogP contribution >= 0.6 is 0 Å². The van der Waals surface area contributed by atoms with Crippen LogP contribution in [0.15, 0.2) is 29.2 Å². The molecule has 1 aromatic heterocycles. The zero-order chi connectivity index (χ0) is 22.1. The molecule has 3 heterocycles. The van der Waals surface area contributed by atoms with Crippen LogP contribution in [0.4, 0.5) is 0 Å². The summed E-state index contributed by atoms with van der Waals surface area (Å²) in [7, 11) is 1.52. The van der Waals surface area contributed by atoms with E-state index in [0.717, 1.165) is 43.5 Å². The quantitative estimate of drug-likeness (QED) is 0.763. The summed E-state index contributed by atoms with van der Waals surface area (Å²) >= 11 is 0. The Hall–Kier alpha value is -3.29. The maximum absolute atomic E-state index is 12.4. The van der Waals surface area contributed by atoms with E-state index in [2.05, 4.69) is 0 Å². The molecule has 2 aromatic rings. The molecule has 2 aliphatic rings. The molecular formula is C23H26N2O6. The van der Waals surface area contributed by atoms with E-state index in [1.54, 1.807) is 11.0 Å². The Kier molecular flexibility index (Phi) is 5.71.